The molecule has 0 amide bonds. The van der Waals surface area contributed by atoms with Crippen molar-refractivity contribution in [2.75, 3.05) is 0 Å². The summed E-state index contributed by atoms with van der Waals surface area (Å²) >= 11 is 0. The van der Waals surface area contributed by atoms with Crippen LogP contribution in [0, 0.1) is 12.3 Å². The molecule has 0 radical (unpaired) electrons. The number of benzene rings is 2. The second-order valence-electron chi connectivity index (χ2n) is 8.72. The molecule has 2 aromatic carbocycles. The predicted molar refractivity (Wildman–Crippen MR) is 129 cm³/mol. The van der Waals surface area contributed by atoms with Crippen molar-refractivity contribution >= 4 is 12.7 Å². The Bertz CT molecular complexity index is 868. The number of hydrogen-bond acceptors (Lipinski definition) is 2. The highest BCUT2D eigenvalue weighted by Crippen LogP contribution is 2.37. The molecule has 0 bridgehead atoms. The van der Waals surface area contributed by atoms with E-state index in [0.717, 1.165) is 18.4 Å². The third-order valence-corrected chi connectivity index (χ3v) is 6.00. The van der Waals surface area contributed by atoms with Crippen LogP contribution in [0.4, 0.5) is 0 Å². The molecule has 0 atom stereocenters. The summed E-state index contributed by atoms with van der Waals surface area (Å²) in [4.78, 5) is 0. The van der Waals surface area contributed by atoms with Crippen LogP contribution in [0.2, 0.25) is 0 Å². The maximum absolute atomic E-state index is 6.00. The van der Waals surface area contributed by atoms with Gasteiger partial charge < -0.3 is 9.31 Å². The molecule has 1 aliphatic heterocycles. The second kappa shape index (κ2) is 10.2. The molecule has 2 aromatic rings. The van der Waals surface area contributed by atoms with Crippen molar-refractivity contribution in [3.05, 3.63) is 76.8 Å². The van der Waals surface area contributed by atoms with E-state index in [2.05, 4.69) is 96.8 Å². The number of rotatable bonds is 4. The summed E-state index contributed by atoms with van der Waals surface area (Å²) in [5, 5.41) is 0. The lowest BCUT2D eigenvalue weighted by atomic mass is 9.85. The molecule has 30 heavy (non-hydrogen) atoms. The molecule has 158 valence electrons. The molecule has 0 aliphatic carbocycles. The summed E-state index contributed by atoms with van der Waals surface area (Å²) in [5.74, 6) is 4.65. The minimum absolute atomic E-state index is 0.272. The fourth-order valence-electron chi connectivity index (χ4n) is 3.10. The third-order valence-electron chi connectivity index (χ3n) is 6.00. The van der Waals surface area contributed by atoms with E-state index in [1.807, 2.05) is 12.1 Å². The highest BCUT2D eigenvalue weighted by molar-refractivity contribution is 6.53. The van der Waals surface area contributed by atoms with E-state index in [9.17, 15) is 0 Å². The monoisotopic (exact) mass is 402 g/mol. The molecule has 0 spiro atoms. The van der Waals surface area contributed by atoms with Crippen LogP contribution in [0.1, 0.15) is 70.7 Å². The van der Waals surface area contributed by atoms with Crippen molar-refractivity contribution in [3.63, 3.8) is 0 Å². The van der Waals surface area contributed by atoms with Crippen molar-refractivity contribution in [2.45, 2.75) is 72.5 Å². The van der Waals surface area contributed by atoms with Gasteiger partial charge in [0.15, 0.2) is 0 Å². The lowest BCUT2D eigenvalue weighted by Crippen LogP contribution is -2.41. The Hall–Kier alpha value is -2.28. The zero-order chi connectivity index (χ0) is 22.4. The highest BCUT2D eigenvalue weighted by atomic mass is 16.7. The van der Waals surface area contributed by atoms with Crippen molar-refractivity contribution in [2.24, 2.45) is 0 Å². The molecular formula is C27H35BO2. The van der Waals surface area contributed by atoms with Crippen LogP contribution in [-0.2, 0) is 22.2 Å². The largest absolute Gasteiger partial charge is 0.487 e. The Labute approximate surface area is 183 Å². The van der Waals surface area contributed by atoms with Crippen LogP contribution in [0.5, 0.6) is 0 Å². The maximum Gasteiger partial charge on any atom is 0.487 e. The van der Waals surface area contributed by atoms with Crippen LogP contribution in [0.15, 0.2) is 54.5 Å². The quantitative estimate of drug-likeness (QED) is 0.429. The summed E-state index contributed by atoms with van der Waals surface area (Å²) in [6.07, 6.45) is 7.34. The van der Waals surface area contributed by atoms with Gasteiger partial charge in [0.25, 0.3) is 0 Å². The van der Waals surface area contributed by atoms with Gasteiger partial charge in [-0.25, -0.2) is 0 Å². The Morgan fingerprint density at radius 1 is 0.867 bits per heavy atom. The van der Waals surface area contributed by atoms with Gasteiger partial charge in [0.1, 0.15) is 0 Å². The highest BCUT2D eigenvalue weighted by Gasteiger charge is 2.50. The smallest absolute Gasteiger partial charge is 0.400 e. The number of aryl methyl sites for hydroxylation is 2. The van der Waals surface area contributed by atoms with Gasteiger partial charge in [0, 0.05) is 5.56 Å². The first-order valence-corrected chi connectivity index (χ1v) is 10.8. The normalized spacial score (nSPS) is 17.1. The van der Waals surface area contributed by atoms with E-state index in [-0.39, 0.29) is 18.3 Å². The molecule has 1 fully saturated rings. The Morgan fingerprint density at radius 3 is 1.70 bits per heavy atom. The van der Waals surface area contributed by atoms with Crippen LogP contribution in [-0.4, -0.2) is 18.3 Å². The molecule has 0 aromatic heterocycles. The maximum atomic E-state index is 6.00. The van der Waals surface area contributed by atoms with Gasteiger partial charge in [-0.15, -0.1) is 6.42 Å². The lowest BCUT2D eigenvalue weighted by molar-refractivity contribution is 0.00578. The van der Waals surface area contributed by atoms with E-state index < -0.39 is 0 Å². The average molecular weight is 402 g/mol. The molecule has 1 aliphatic rings. The first-order valence-electron chi connectivity index (χ1n) is 10.8. The standard InChI is InChI=1S/C17H25BO2.C10H10/c1-7-14-8-10-15(11-9-14)13(2)12-18-19-16(3,4)17(5,6)20-18;1-3-9-5-7-10(4-2)8-6-9/h8-12H,7H2,1-6H3;1,5-8H,4H2,2H3/b13-12+;. The molecule has 2 nitrogen and oxygen atoms in total. The molecule has 0 N–H and O–H groups in total. The summed E-state index contributed by atoms with van der Waals surface area (Å²) in [6.45, 7) is 14.7. The number of terminal acetylenes is 1. The van der Waals surface area contributed by atoms with Crippen molar-refractivity contribution in [1.82, 2.24) is 0 Å². The zero-order valence-corrected chi connectivity index (χ0v) is 19.6. The van der Waals surface area contributed by atoms with E-state index in [4.69, 9.17) is 15.7 Å². The third kappa shape index (κ3) is 6.11. The van der Waals surface area contributed by atoms with Gasteiger partial charge >= 0.3 is 7.12 Å². The fourth-order valence-corrected chi connectivity index (χ4v) is 3.10. The van der Waals surface area contributed by atoms with E-state index in [0.29, 0.717) is 0 Å². The Kier molecular flexibility index (Phi) is 8.13. The van der Waals surface area contributed by atoms with Crippen LogP contribution < -0.4 is 0 Å². The van der Waals surface area contributed by atoms with Crippen LogP contribution >= 0.6 is 0 Å². The molecule has 3 rings (SSSR count). The minimum Gasteiger partial charge on any atom is -0.400 e. The van der Waals surface area contributed by atoms with Gasteiger partial charge in [0.05, 0.1) is 11.2 Å². The molecule has 1 heterocycles. The van der Waals surface area contributed by atoms with E-state index in [1.165, 1.54) is 22.3 Å². The topological polar surface area (TPSA) is 18.5 Å². The molecular weight excluding hydrogens is 367 g/mol. The van der Waals surface area contributed by atoms with Gasteiger partial charge in [0.2, 0.25) is 0 Å². The summed E-state index contributed by atoms with van der Waals surface area (Å²) in [6, 6.07) is 16.8. The van der Waals surface area contributed by atoms with Gasteiger partial charge in [-0.05, 0) is 76.3 Å². The SMILES string of the molecule is C#Cc1ccc(CC)cc1.CCc1ccc(/C(C)=C/B2OC(C)(C)C(C)(C)O2)cc1. The summed E-state index contributed by atoms with van der Waals surface area (Å²) in [7, 11) is -0.272. The number of allylic oxidation sites excluding steroid dienone is 1. The summed E-state index contributed by atoms with van der Waals surface area (Å²) < 4.78 is 12.0. The minimum atomic E-state index is -0.277. The molecule has 0 saturated carbocycles. The molecule has 1 saturated heterocycles. The van der Waals surface area contributed by atoms with E-state index >= 15 is 0 Å². The van der Waals surface area contributed by atoms with Gasteiger partial charge in [-0.2, -0.15) is 0 Å². The average Bonchev–Trinajstić information content (AvgIpc) is 2.94. The summed E-state index contributed by atoms with van der Waals surface area (Å²) in [5.41, 5.74) is 5.50. The second-order valence-corrected chi connectivity index (χ2v) is 8.72. The first-order chi connectivity index (χ1) is 14.1. The molecule has 3 heteroatoms. The van der Waals surface area contributed by atoms with Crippen molar-refractivity contribution in [3.8, 4) is 12.3 Å². The van der Waals surface area contributed by atoms with Gasteiger partial charge in [-0.1, -0.05) is 67.7 Å². The van der Waals surface area contributed by atoms with Crippen molar-refractivity contribution in [1.29, 1.82) is 0 Å². The fraction of sp³-hybridized carbons (Fsp3) is 0.407. The van der Waals surface area contributed by atoms with E-state index in [1.54, 1.807) is 0 Å². The van der Waals surface area contributed by atoms with Crippen LogP contribution in [0.25, 0.3) is 5.57 Å². The zero-order valence-electron chi connectivity index (χ0n) is 19.6. The molecule has 0 unspecified atom stereocenters. The first kappa shape index (κ1) is 24.0. The van der Waals surface area contributed by atoms with Crippen LogP contribution in [0.3, 0.4) is 0 Å². The lowest BCUT2D eigenvalue weighted by Gasteiger charge is -2.32. The Balaban J connectivity index is 0.000000269. The van der Waals surface area contributed by atoms with Gasteiger partial charge in [-0.3, -0.25) is 0 Å². The predicted octanol–water partition coefficient (Wildman–Crippen LogP) is 6.51. The van der Waals surface area contributed by atoms with Crippen molar-refractivity contribution < 1.29 is 9.31 Å². The Morgan fingerprint density at radius 2 is 1.30 bits per heavy atom. The number of hydrogen-bond donors (Lipinski definition) is 0.